The molecule has 0 aromatic carbocycles. The van der Waals surface area contributed by atoms with Gasteiger partial charge in [-0.05, 0) is 39.5 Å². The van der Waals surface area contributed by atoms with Crippen molar-refractivity contribution < 1.29 is 9.90 Å². The molecule has 2 fully saturated rings. The molecule has 1 heterocycles. The molecule has 2 N–H and O–H groups in total. The van der Waals surface area contributed by atoms with Crippen LogP contribution in [0.2, 0.25) is 0 Å². The summed E-state index contributed by atoms with van der Waals surface area (Å²) in [7, 11) is 0. The summed E-state index contributed by atoms with van der Waals surface area (Å²) in [5, 5.41) is 12.6. The Hall–Kier alpha value is -0.770. The number of hydrogen-bond acceptors (Lipinski definition) is 2. The van der Waals surface area contributed by atoms with Gasteiger partial charge in [-0.1, -0.05) is 0 Å². The second kappa shape index (κ2) is 3.67. The van der Waals surface area contributed by atoms with Crippen LogP contribution >= 0.6 is 0 Å². The highest BCUT2D eigenvalue weighted by molar-refractivity contribution is 5.75. The topological polar surface area (TPSA) is 52.6 Å². The van der Waals surface area contributed by atoms with Crippen LogP contribution in [0, 0.1) is 0 Å². The smallest absolute Gasteiger partial charge is 0.318 e. The van der Waals surface area contributed by atoms with E-state index in [9.17, 15) is 9.90 Å². The molecule has 2 aliphatic rings. The summed E-state index contributed by atoms with van der Waals surface area (Å²) >= 11 is 0. The van der Waals surface area contributed by atoms with E-state index in [2.05, 4.69) is 19.2 Å². The lowest BCUT2D eigenvalue weighted by molar-refractivity contribution is 0.0207. The first kappa shape index (κ1) is 10.7. The number of carbonyl (C=O) groups excluding carboxylic acids is 1. The van der Waals surface area contributed by atoms with Gasteiger partial charge >= 0.3 is 6.03 Å². The van der Waals surface area contributed by atoms with E-state index < -0.39 is 0 Å². The van der Waals surface area contributed by atoms with Crippen LogP contribution in [-0.2, 0) is 0 Å². The van der Waals surface area contributed by atoms with Crippen molar-refractivity contribution in [3.63, 3.8) is 0 Å². The van der Waals surface area contributed by atoms with Crippen molar-refractivity contribution in [1.82, 2.24) is 10.2 Å². The Morgan fingerprint density at radius 1 is 1.40 bits per heavy atom. The lowest BCUT2D eigenvalue weighted by Gasteiger charge is -2.44. The molecule has 4 heteroatoms. The molecule has 0 radical (unpaired) electrons. The Morgan fingerprint density at radius 2 is 2.07 bits per heavy atom. The number of rotatable bonds is 1. The van der Waals surface area contributed by atoms with E-state index >= 15 is 0 Å². The largest absolute Gasteiger partial charge is 0.391 e. The average Bonchev–Trinajstić information content (AvgIpc) is 2.93. The van der Waals surface area contributed by atoms with Crippen molar-refractivity contribution >= 4 is 6.03 Å². The third-order valence-corrected chi connectivity index (χ3v) is 3.36. The second-order valence-electron chi connectivity index (χ2n) is 5.34. The highest BCUT2D eigenvalue weighted by Crippen LogP contribution is 2.28. The molecule has 2 rings (SSSR count). The molecule has 1 aliphatic carbocycles. The third-order valence-electron chi connectivity index (χ3n) is 3.36. The number of piperidine rings is 1. The van der Waals surface area contributed by atoms with E-state index in [4.69, 9.17) is 0 Å². The number of carbonyl (C=O) groups is 1. The van der Waals surface area contributed by atoms with Crippen LogP contribution < -0.4 is 5.32 Å². The Bertz CT molecular complexity index is 261. The Morgan fingerprint density at radius 3 is 2.67 bits per heavy atom. The molecule has 15 heavy (non-hydrogen) atoms. The van der Waals surface area contributed by atoms with Crippen LogP contribution in [0.15, 0.2) is 0 Å². The molecular formula is C11H20N2O2. The molecule has 4 nitrogen and oxygen atoms in total. The van der Waals surface area contributed by atoms with Crippen LogP contribution in [0.5, 0.6) is 0 Å². The molecule has 1 atom stereocenters. The molecule has 1 unspecified atom stereocenters. The van der Waals surface area contributed by atoms with Crippen molar-refractivity contribution in [3.05, 3.63) is 0 Å². The normalized spacial score (nSPS) is 30.1. The van der Waals surface area contributed by atoms with E-state index in [-0.39, 0.29) is 17.7 Å². The summed E-state index contributed by atoms with van der Waals surface area (Å²) < 4.78 is 0. The number of aliphatic hydroxyl groups is 1. The van der Waals surface area contributed by atoms with Gasteiger partial charge in [-0.3, -0.25) is 0 Å². The van der Waals surface area contributed by atoms with Crippen molar-refractivity contribution in [2.75, 3.05) is 6.54 Å². The van der Waals surface area contributed by atoms with Crippen LogP contribution in [-0.4, -0.2) is 40.3 Å². The number of β-amino-alcohol motifs (C(OH)–C–C–N with tert-alkyl or cyclic N) is 1. The quantitative estimate of drug-likeness (QED) is 0.683. The Kier molecular flexibility index (Phi) is 2.63. The van der Waals surface area contributed by atoms with Gasteiger partial charge in [0.15, 0.2) is 0 Å². The first-order valence-corrected chi connectivity index (χ1v) is 5.75. The van der Waals surface area contributed by atoms with Crippen LogP contribution in [0.25, 0.3) is 0 Å². The van der Waals surface area contributed by atoms with Gasteiger partial charge in [0.25, 0.3) is 0 Å². The van der Waals surface area contributed by atoms with Gasteiger partial charge in [-0.2, -0.15) is 0 Å². The van der Waals surface area contributed by atoms with Crippen molar-refractivity contribution in [2.45, 2.75) is 57.2 Å². The minimum atomic E-state index is -0.358. The number of likely N-dealkylation sites (tertiary alicyclic amines) is 1. The number of urea groups is 1. The molecular weight excluding hydrogens is 192 g/mol. The maximum absolute atomic E-state index is 11.9. The van der Waals surface area contributed by atoms with Gasteiger partial charge in [-0.25, -0.2) is 4.79 Å². The average molecular weight is 212 g/mol. The molecule has 1 saturated carbocycles. The predicted molar refractivity (Wildman–Crippen MR) is 57.6 cm³/mol. The summed E-state index contributed by atoms with van der Waals surface area (Å²) in [6.07, 6.45) is 3.50. The van der Waals surface area contributed by atoms with Gasteiger partial charge in [0.1, 0.15) is 0 Å². The highest BCUT2D eigenvalue weighted by atomic mass is 16.3. The van der Waals surface area contributed by atoms with Crippen molar-refractivity contribution in [2.24, 2.45) is 0 Å². The lowest BCUT2D eigenvalue weighted by Crippen LogP contribution is -2.57. The fourth-order valence-corrected chi connectivity index (χ4v) is 2.04. The monoisotopic (exact) mass is 212 g/mol. The number of nitrogens with one attached hydrogen (secondary N) is 1. The standard InChI is InChI=1S/C11H20N2O2/c1-11(2)6-5-9(14)7-13(11)10(15)12-8-3-4-8/h8-9,14H,3-7H2,1-2H3,(H,12,15). The molecule has 1 aliphatic heterocycles. The fraction of sp³-hybridized carbons (Fsp3) is 0.909. The van der Waals surface area contributed by atoms with Crippen LogP contribution in [0.4, 0.5) is 4.79 Å². The summed E-state index contributed by atoms with van der Waals surface area (Å²) in [5.74, 6) is 0. The van der Waals surface area contributed by atoms with Gasteiger partial charge in [0, 0.05) is 18.1 Å². The van der Waals surface area contributed by atoms with E-state index in [1.54, 1.807) is 4.90 Å². The second-order valence-corrected chi connectivity index (χ2v) is 5.34. The lowest BCUT2D eigenvalue weighted by atomic mass is 9.89. The molecule has 0 aromatic heterocycles. The van der Waals surface area contributed by atoms with Gasteiger partial charge in [0.2, 0.25) is 0 Å². The van der Waals surface area contributed by atoms with Gasteiger partial charge < -0.3 is 15.3 Å². The highest BCUT2D eigenvalue weighted by Gasteiger charge is 2.38. The SMILES string of the molecule is CC1(C)CCC(O)CN1C(=O)NC1CC1. The summed E-state index contributed by atoms with van der Waals surface area (Å²) in [6.45, 7) is 4.59. The molecule has 0 aromatic rings. The third kappa shape index (κ3) is 2.43. The number of aliphatic hydroxyl groups excluding tert-OH is 1. The van der Waals surface area contributed by atoms with E-state index in [1.807, 2.05) is 0 Å². The van der Waals surface area contributed by atoms with Crippen molar-refractivity contribution in [3.8, 4) is 0 Å². The predicted octanol–water partition coefficient (Wildman–Crippen LogP) is 1.09. The number of hydrogen-bond donors (Lipinski definition) is 2. The molecule has 2 amide bonds. The zero-order valence-corrected chi connectivity index (χ0v) is 9.49. The molecule has 86 valence electrons. The zero-order valence-electron chi connectivity index (χ0n) is 9.49. The van der Waals surface area contributed by atoms with E-state index in [0.717, 1.165) is 25.7 Å². The minimum absolute atomic E-state index is 0.0127. The fourth-order valence-electron chi connectivity index (χ4n) is 2.04. The summed E-state index contributed by atoms with van der Waals surface area (Å²) in [4.78, 5) is 13.7. The van der Waals surface area contributed by atoms with E-state index in [0.29, 0.717) is 12.6 Å². The van der Waals surface area contributed by atoms with Crippen LogP contribution in [0.3, 0.4) is 0 Å². The van der Waals surface area contributed by atoms with Crippen LogP contribution in [0.1, 0.15) is 39.5 Å². The molecule has 0 bridgehead atoms. The molecule has 1 saturated heterocycles. The Labute approximate surface area is 90.6 Å². The summed E-state index contributed by atoms with van der Waals surface area (Å²) in [5.41, 5.74) is -0.127. The minimum Gasteiger partial charge on any atom is -0.391 e. The van der Waals surface area contributed by atoms with Gasteiger partial charge in [0.05, 0.1) is 6.10 Å². The zero-order chi connectivity index (χ0) is 11.1. The maximum Gasteiger partial charge on any atom is 0.318 e. The van der Waals surface area contributed by atoms with Crippen molar-refractivity contribution in [1.29, 1.82) is 0 Å². The number of amides is 2. The van der Waals surface area contributed by atoms with E-state index in [1.165, 1.54) is 0 Å². The molecule has 0 spiro atoms. The summed E-state index contributed by atoms with van der Waals surface area (Å²) in [6, 6.07) is 0.369. The number of nitrogens with zero attached hydrogens (tertiary/aromatic N) is 1. The first-order chi connectivity index (χ1) is 6.99. The Balaban J connectivity index is 1.99. The maximum atomic E-state index is 11.9. The first-order valence-electron chi connectivity index (χ1n) is 5.75. The van der Waals surface area contributed by atoms with Gasteiger partial charge in [-0.15, -0.1) is 0 Å².